The summed E-state index contributed by atoms with van der Waals surface area (Å²) >= 11 is 1.80. The third-order valence-corrected chi connectivity index (χ3v) is 5.24. The molecule has 3 rings (SSSR count). The van der Waals surface area contributed by atoms with E-state index in [9.17, 15) is 0 Å². The van der Waals surface area contributed by atoms with E-state index in [4.69, 9.17) is 4.98 Å². The smallest absolute Gasteiger partial charge is 0.184 e. The van der Waals surface area contributed by atoms with Gasteiger partial charge in [-0.15, -0.1) is 0 Å². The van der Waals surface area contributed by atoms with Gasteiger partial charge in [0.05, 0.1) is 10.2 Å². The SMILES string of the molecule is CCC1CCCCC1Nc1nc2ccc(C)cc2s1. The van der Waals surface area contributed by atoms with Gasteiger partial charge in [-0.2, -0.15) is 0 Å². The number of rotatable bonds is 3. The molecular weight excluding hydrogens is 252 g/mol. The molecule has 2 nitrogen and oxygen atoms in total. The number of aromatic nitrogens is 1. The van der Waals surface area contributed by atoms with Crippen LogP contribution in [0.5, 0.6) is 0 Å². The zero-order valence-electron chi connectivity index (χ0n) is 11.8. The molecule has 0 spiro atoms. The summed E-state index contributed by atoms with van der Waals surface area (Å²) in [6.07, 6.45) is 6.71. The first-order valence-corrected chi connectivity index (χ1v) is 8.21. The molecule has 102 valence electrons. The molecule has 1 aromatic heterocycles. The lowest BCUT2D eigenvalue weighted by Gasteiger charge is -2.31. The third kappa shape index (κ3) is 2.76. The molecule has 1 aliphatic carbocycles. The lowest BCUT2D eigenvalue weighted by molar-refractivity contribution is 0.317. The van der Waals surface area contributed by atoms with E-state index in [1.54, 1.807) is 11.3 Å². The summed E-state index contributed by atoms with van der Waals surface area (Å²) < 4.78 is 1.30. The molecule has 2 unspecified atom stereocenters. The summed E-state index contributed by atoms with van der Waals surface area (Å²) in [7, 11) is 0. The molecule has 1 aromatic carbocycles. The predicted molar refractivity (Wildman–Crippen MR) is 84.0 cm³/mol. The van der Waals surface area contributed by atoms with Gasteiger partial charge in [0.15, 0.2) is 5.13 Å². The van der Waals surface area contributed by atoms with Gasteiger partial charge < -0.3 is 5.32 Å². The molecule has 0 saturated heterocycles. The second-order valence-corrected chi connectivity index (χ2v) is 6.72. The zero-order chi connectivity index (χ0) is 13.2. The third-order valence-electron chi connectivity index (χ3n) is 4.29. The molecule has 1 heterocycles. The maximum absolute atomic E-state index is 4.72. The van der Waals surface area contributed by atoms with Gasteiger partial charge in [-0.05, 0) is 43.4 Å². The minimum Gasteiger partial charge on any atom is -0.358 e. The Bertz CT molecular complexity index is 561. The quantitative estimate of drug-likeness (QED) is 0.853. The van der Waals surface area contributed by atoms with E-state index in [1.165, 1.54) is 42.4 Å². The van der Waals surface area contributed by atoms with Crippen LogP contribution in [0.15, 0.2) is 18.2 Å². The second kappa shape index (κ2) is 5.49. The Hall–Kier alpha value is -1.09. The van der Waals surface area contributed by atoms with Gasteiger partial charge in [0, 0.05) is 6.04 Å². The van der Waals surface area contributed by atoms with Crippen LogP contribution in [0.1, 0.15) is 44.6 Å². The van der Waals surface area contributed by atoms with Gasteiger partial charge in [-0.3, -0.25) is 0 Å². The summed E-state index contributed by atoms with van der Waals surface area (Å²) in [6, 6.07) is 7.13. The van der Waals surface area contributed by atoms with Crippen LogP contribution >= 0.6 is 11.3 Å². The number of anilines is 1. The molecule has 2 aromatic rings. The van der Waals surface area contributed by atoms with E-state index in [2.05, 4.69) is 37.4 Å². The van der Waals surface area contributed by atoms with E-state index in [0.29, 0.717) is 6.04 Å². The highest BCUT2D eigenvalue weighted by atomic mass is 32.1. The molecule has 19 heavy (non-hydrogen) atoms. The standard InChI is InChI=1S/C16H22N2S/c1-3-12-6-4-5-7-13(12)17-16-18-14-9-8-11(2)10-15(14)19-16/h8-10,12-13H,3-7H2,1-2H3,(H,17,18). The predicted octanol–water partition coefficient (Wildman–Crippen LogP) is 4.99. The highest BCUT2D eigenvalue weighted by Gasteiger charge is 2.24. The largest absolute Gasteiger partial charge is 0.358 e. The van der Waals surface area contributed by atoms with Crippen LogP contribution in [0, 0.1) is 12.8 Å². The monoisotopic (exact) mass is 274 g/mol. The fourth-order valence-corrected chi connectivity index (χ4v) is 4.16. The van der Waals surface area contributed by atoms with Crippen molar-refractivity contribution in [2.45, 2.75) is 52.0 Å². The van der Waals surface area contributed by atoms with E-state index < -0.39 is 0 Å². The molecular formula is C16H22N2S. The van der Waals surface area contributed by atoms with E-state index >= 15 is 0 Å². The van der Waals surface area contributed by atoms with Crippen molar-refractivity contribution in [3.63, 3.8) is 0 Å². The Morgan fingerprint density at radius 3 is 3.00 bits per heavy atom. The minimum absolute atomic E-state index is 0.625. The fourth-order valence-electron chi connectivity index (χ4n) is 3.14. The van der Waals surface area contributed by atoms with E-state index in [1.807, 2.05) is 0 Å². The molecule has 0 bridgehead atoms. The summed E-state index contributed by atoms with van der Waals surface area (Å²) in [5.74, 6) is 0.822. The highest BCUT2D eigenvalue weighted by molar-refractivity contribution is 7.22. The summed E-state index contributed by atoms with van der Waals surface area (Å²) in [6.45, 7) is 4.45. The van der Waals surface area contributed by atoms with Crippen molar-refractivity contribution in [3.8, 4) is 0 Å². The van der Waals surface area contributed by atoms with Gasteiger partial charge in [0.25, 0.3) is 0 Å². The fraction of sp³-hybridized carbons (Fsp3) is 0.562. The number of fused-ring (bicyclic) bond motifs is 1. The topological polar surface area (TPSA) is 24.9 Å². The van der Waals surface area contributed by atoms with Crippen LogP contribution in [-0.2, 0) is 0 Å². The Labute approximate surface area is 119 Å². The first-order valence-electron chi connectivity index (χ1n) is 7.40. The van der Waals surface area contributed by atoms with Crippen LogP contribution in [-0.4, -0.2) is 11.0 Å². The first kappa shape index (κ1) is 12.9. The summed E-state index contributed by atoms with van der Waals surface area (Å²) in [5, 5.41) is 4.80. The van der Waals surface area contributed by atoms with Crippen LogP contribution in [0.25, 0.3) is 10.2 Å². The summed E-state index contributed by atoms with van der Waals surface area (Å²) in [4.78, 5) is 4.72. The van der Waals surface area contributed by atoms with Crippen molar-refractivity contribution in [2.75, 3.05) is 5.32 Å². The van der Waals surface area contributed by atoms with Crippen molar-refractivity contribution in [2.24, 2.45) is 5.92 Å². The highest BCUT2D eigenvalue weighted by Crippen LogP contribution is 2.32. The van der Waals surface area contributed by atoms with Crippen molar-refractivity contribution in [1.82, 2.24) is 4.98 Å². The molecule has 1 saturated carbocycles. The maximum atomic E-state index is 4.72. The average Bonchev–Trinajstić information content (AvgIpc) is 2.80. The van der Waals surface area contributed by atoms with Gasteiger partial charge >= 0.3 is 0 Å². The van der Waals surface area contributed by atoms with Crippen LogP contribution in [0.4, 0.5) is 5.13 Å². The number of hydrogen-bond donors (Lipinski definition) is 1. The van der Waals surface area contributed by atoms with Crippen molar-refractivity contribution in [3.05, 3.63) is 23.8 Å². The average molecular weight is 274 g/mol. The number of nitrogens with zero attached hydrogens (tertiary/aromatic N) is 1. The first-order chi connectivity index (χ1) is 9.26. The molecule has 1 aliphatic rings. The number of hydrogen-bond acceptors (Lipinski definition) is 3. The van der Waals surface area contributed by atoms with Gasteiger partial charge in [0.1, 0.15) is 0 Å². The second-order valence-electron chi connectivity index (χ2n) is 5.69. The van der Waals surface area contributed by atoms with Crippen LogP contribution in [0.2, 0.25) is 0 Å². The Morgan fingerprint density at radius 2 is 2.16 bits per heavy atom. The number of aryl methyl sites for hydroxylation is 1. The lowest BCUT2D eigenvalue weighted by Crippen LogP contribution is -2.31. The lowest BCUT2D eigenvalue weighted by atomic mass is 9.83. The van der Waals surface area contributed by atoms with Gasteiger partial charge in [0.2, 0.25) is 0 Å². The van der Waals surface area contributed by atoms with Crippen LogP contribution < -0.4 is 5.32 Å². The molecule has 1 fully saturated rings. The Kier molecular flexibility index (Phi) is 3.74. The van der Waals surface area contributed by atoms with Gasteiger partial charge in [-0.25, -0.2) is 4.98 Å². The minimum atomic E-state index is 0.625. The van der Waals surface area contributed by atoms with E-state index in [0.717, 1.165) is 16.6 Å². The molecule has 1 N–H and O–H groups in total. The normalized spacial score (nSPS) is 23.7. The zero-order valence-corrected chi connectivity index (χ0v) is 12.6. The van der Waals surface area contributed by atoms with Crippen molar-refractivity contribution >= 4 is 26.7 Å². The van der Waals surface area contributed by atoms with E-state index in [-0.39, 0.29) is 0 Å². The summed E-state index contributed by atoms with van der Waals surface area (Å²) in [5.41, 5.74) is 2.44. The molecule has 0 amide bonds. The molecule has 3 heteroatoms. The van der Waals surface area contributed by atoms with Gasteiger partial charge in [-0.1, -0.05) is 43.6 Å². The number of benzene rings is 1. The van der Waals surface area contributed by atoms with Crippen LogP contribution in [0.3, 0.4) is 0 Å². The van der Waals surface area contributed by atoms with Crippen molar-refractivity contribution < 1.29 is 0 Å². The van der Waals surface area contributed by atoms with Crippen molar-refractivity contribution in [1.29, 1.82) is 0 Å². The molecule has 0 radical (unpaired) electrons. The maximum Gasteiger partial charge on any atom is 0.184 e. The molecule has 2 atom stereocenters. The number of thiazole rings is 1. The Balaban J connectivity index is 1.80. The number of nitrogens with one attached hydrogen (secondary N) is 1. The Morgan fingerprint density at radius 1 is 1.32 bits per heavy atom. The molecule has 0 aliphatic heterocycles.